The van der Waals surface area contributed by atoms with E-state index in [1.807, 2.05) is 7.11 Å². The van der Waals surface area contributed by atoms with Gasteiger partial charge in [-0.25, -0.2) is 0 Å². The first kappa shape index (κ1) is 13.9. The van der Waals surface area contributed by atoms with Crippen molar-refractivity contribution in [2.24, 2.45) is 0 Å². The average Bonchev–Trinajstić information content (AvgIpc) is 2.41. The van der Waals surface area contributed by atoms with Gasteiger partial charge in [0.2, 0.25) is 0 Å². The number of ether oxygens (including phenoxy) is 1. The Kier molecular flexibility index (Phi) is 5.07. The topological polar surface area (TPSA) is 21.3 Å². The van der Waals surface area contributed by atoms with E-state index in [0.717, 1.165) is 17.3 Å². The van der Waals surface area contributed by atoms with Gasteiger partial charge in [-0.3, -0.25) is 0 Å². The smallest absolute Gasteiger partial charge is 0.0590 e. The highest BCUT2D eigenvalue weighted by molar-refractivity contribution is 9.10. The summed E-state index contributed by atoms with van der Waals surface area (Å²) >= 11 is 3.54. The molecule has 0 aromatic heterocycles. The Morgan fingerprint density at radius 3 is 2.94 bits per heavy atom. The van der Waals surface area contributed by atoms with Crippen LogP contribution in [0.3, 0.4) is 0 Å². The maximum Gasteiger partial charge on any atom is 0.0590 e. The second kappa shape index (κ2) is 6.58. The summed E-state index contributed by atoms with van der Waals surface area (Å²) in [5.41, 5.74) is 2.66. The minimum atomic E-state index is 0.428. The highest BCUT2D eigenvalue weighted by Gasteiger charge is 2.21. The largest absolute Gasteiger partial charge is 0.382 e. The van der Waals surface area contributed by atoms with Crippen molar-refractivity contribution in [1.29, 1.82) is 0 Å². The Morgan fingerprint density at radius 2 is 2.22 bits per heavy atom. The summed E-state index contributed by atoms with van der Waals surface area (Å²) in [6.45, 7) is 2.20. The predicted molar refractivity (Wildman–Crippen MR) is 80.2 cm³/mol. The van der Waals surface area contributed by atoms with E-state index in [9.17, 15) is 0 Å². The van der Waals surface area contributed by atoms with Crippen molar-refractivity contribution in [3.63, 3.8) is 0 Å². The molecule has 1 aliphatic rings. The molecule has 1 N–H and O–H groups in total. The number of aryl methyl sites for hydroxylation is 1. The summed E-state index contributed by atoms with van der Waals surface area (Å²) in [7, 11) is 1.82. The van der Waals surface area contributed by atoms with Gasteiger partial charge in [0.05, 0.1) is 6.10 Å². The molecule has 3 heteroatoms. The molecule has 2 rings (SSSR count). The molecule has 0 amide bonds. The van der Waals surface area contributed by atoms with Crippen LogP contribution in [-0.2, 0) is 11.2 Å². The summed E-state index contributed by atoms with van der Waals surface area (Å²) in [6, 6.07) is 7.05. The van der Waals surface area contributed by atoms with Gasteiger partial charge in [-0.05, 0) is 55.9 Å². The first-order chi connectivity index (χ1) is 8.72. The molecule has 18 heavy (non-hydrogen) atoms. The lowest BCUT2D eigenvalue weighted by Crippen LogP contribution is -2.31. The molecule has 2 nitrogen and oxygen atoms in total. The third-order valence-electron chi connectivity index (χ3n) is 3.77. The van der Waals surface area contributed by atoms with E-state index in [-0.39, 0.29) is 0 Å². The van der Waals surface area contributed by atoms with Crippen LogP contribution in [0.5, 0.6) is 0 Å². The second-order valence-corrected chi connectivity index (χ2v) is 5.94. The SMILES string of the molecule is CCc1cc(Br)ccc1NC1CCCC(OC)C1. The van der Waals surface area contributed by atoms with Crippen molar-refractivity contribution in [2.75, 3.05) is 12.4 Å². The fourth-order valence-electron chi connectivity index (χ4n) is 2.71. The number of halogens is 1. The summed E-state index contributed by atoms with van der Waals surface area (Å²) in [6.07, 6.45) is 6.32. The summed E-state index contributed by atoms with van der Waals surface area (Å²) < 4.78 is 6.64. The van der Waals surface area contributed by atoms with Gasteiger partial charge in [-0.1, -0.05) is 22.9 Å². The van der Waals surface area contributed by atoms with E-state index in [4.69, 9.17) is 4.74 Å². The fraction of sp³-hybridized carbons (Fsp3) is 0.600. The third kappa shape index (κ3) is 3.48. The first-order valence-electron chi connectivity index (χ1n) is 6.80. The third-order valence-corrected chi connectivity index (χ3v) is 4.26. The molecule has 2 atom stereocenters. The summed E-state index contributed by atoms with van der Waals surface area (Å²) in [5, 5.41) is 3.69. The number of benzene rings is 1. The lowest BCUT2D eigenvalue weighted by molar-refractivity contribution is 0.0669. The Morgan fingerprint density at radius 1 is 1.39 bits per heavy atom. The molecule has 0 saturated heterocycles. The van der Waals surface area contributed by atoms with Gasteiger partial charge in [0.25, 0.3) is 0 Å². The molecule has 1 fully saturated rings. The zero-order valence-corrected chi connectivity index (χ0v) is 12.8. The van der Waals surface area contributed by atoms with Crippen molar-refractivity contribution >= 4 is 21.6 Å². The van der Waals surface area contributed by atoms with Crippen molar-refractivity contribution in [3.05, 3.63) is 28.2 Å². The Bertz CT molecular complexity index is 394. The highest BCUT2D eigenvalue weighted by atomic mass is 79.9. The van der Waals surface area contributed by atoms with Gasteiger partial charge in [0.15, 0.2) is 0 Å². The number of methoxy groups -OCH3 is 1. The van der Waals surface area contributed by atoms with Crippen LogP contribution in [0.25, 0.3) is 0 Å². The Hall–Kier alpha value is -0.540. The molecule has 1 saturated carbocycles. The molecular formula is C15H22BrNO. The van der Waals surface area contributed by atoms with E-state index < -0.39 is 0 Å². The monoisotopic (exact) mass is 311 g/mol. The molecule has 2 unspecified atom stereocenters. The maximum absolute atomic E-state index is 5.49. The number of anilines is 1. The van der Waals surface area contributed by atoms with Crippen LogP contribution < -0.4 is 5.32 Å². The van der Waals surface area contributed by atoms with Crippen molar-refractivity contribution in [2.45, 2.75) is 51.2 Å². The molecule has 0 radical (unpaired) electrons. The zero-order chi connectivity index (χ0) is 13.0. The van der Waals surface area contributed by atoms with Gasteiger partial charge >= 0.3 is 0 Å². The maximum atomic E-state index is 5.49. The summed E-state index contributed by atoms with van der Waals surface area (Å²) in [4.78, 5) is 0. The van der Waals surface area contributed by atoms with E-state index in [0.29, 0.717) is 12.1 Å². The van der Waals surface area contributed by atoms with Crippen molar-refractivity contribution in [1.82, 2.24) is 0 Å². The lowest BCUT2D eigenvalue weighted by atomic mass is 9.92. The number of rotatable bonds is 4. The quantitative estimate of drug-likeness (QED) is 0.891. The molecule has 1 aromatic carbocycles. The van der Waals surface area contributed by atoms with Crippen LogP contribution >= 0.6 is 15.9 Å². The van der Waals surface area contributed by atoms with E-state index >= 15 is 0 Å². The number of nitrogens with one attached hydrogen (secondary N) is 1. The molecule has 0 spiro atoms. The normalized spacial score (nSPS) is 23.9. The van der Waals surface area contributed by atoms with Gasteiger partial charge < -0.3 is 10.1 Å². The minimum Gasteiger partial charge on any atom is -0.382 e. The summed E-state index contributed by atoms with van der Waals surface area (Å²) in [5.74, 6) is 0. The van der Waals surface area contributed by atoms with Gasteiger partial charge in [-0.2, -0.15) is 0 Å². The Balaban J connectivity index is 2.04. The predicted octanol–water partition coefficient (Wildman–Crippen LogP) is 4.38. The van der Waals surface area contributed by atoms with Gasteiger partial charge in [0.1, 0.15) is 0 Å². The van der Waals surface area contributed by atoms with Crippen LogP contribution in [0.1, 0.15) is 38.2 Å². The van der Waals surface area contributed by atoms with Crippen LogP contribution in [0, 0.1) is 0 Å². The highest BCUT2D eigenvalue weighted by Crippen LogP contribution is 2.27. The molecule has 1 aliphatic carbocycles. The molecule has 0 heterocycles. The fourth-order valence-corrected chi connectivity index (χ4v) is 3.11. The minimum absolute atomic E-state index is 0.428. The molecular weight excluding hydrogens is 290 g/mol. The van der Waals surface area contributed by atoms with Gasteiger partial charge in [0, 0.05) is 23.3 Å². The van der Waals surface area contributed by atoms with E-state index in [1.165, 1.54) is 30.5 Å². The Labute approximate surface area is 118 Å². The van der Waals surface area contributed by atoms with Crippen LogP contribution in [0.2, 0.25) is 0 Å². The van der Waals surface area contributed by atoms with Crippen molar-refractivity contribution < 1.29 is 4.74 Å². The first-order valence-corrected chi connectivity index (χ1v) is 7.60. The van der Waals surface area contributed by atoms with Gasteiger partial charge in [-0.15, -0.1) is 0 Å². The molecule has 0 bridgehead atoms. The van der Waals surface area contributed by atoms with E-state index in [1.54, 1.807) is 0 Å². The van der Waals surface area contributed by atoms with Crippen LogP contribution in [0.4, 0.5) is 5.69 Å². The standard InChI is InChI=1S/C15H22BrNO/c1-3-11-9-12(16)7-8-15(11)17-13-5-4-6-14(10-13)18-2/h7-9,13-14,17H,3-6,10H2,1-2H3. The van der Waals surface area contributed by atoms with E-state index in [2.05, 4.69) is 46.4 Å². The average molecular weight is 312 g/mol. The number of hydrogen-bond acceptors (Lipinski definition) is 2. The lowest BCUT2D eigenvalue weighted by Gasteiger charge is -2.30. The van der Waals surface area contributed by atoms with Crippen LogP contribution in [0.15, 0.2) is 22.7 Å². The number of hydrogen-bond donors (Lipinski definition) is 1. The molecule has 0 aliphatic heterocycles. The molecule has 100 valence electrons. The second-order valence-electron chi connectivity index (χ2n) is 5.02. The van der Waals surface area contributed by atoms with Crippen LogP contribution in [-0.4, -0.2) is 19.3 Å². The van der Waals surface area contributed by atoms with Crippen molar-refractivity contribution in [3.8, 4) is 0 Å². The zero-order valence-electron chi connectivity index (χ0n) is 11.2. The molecule has 1 aromatic rings.